The van der Waals surface area contributed by atoms with Gasteiger partial charge in [0.15, 0.2) is 0 Å². The highest BCUT2D eigenvalue weighted by molar-refractivity contribution is 5.14. The zero-order valence-corrected chi connectivity index (χ0v) is 8.06. The molecule has 0 bridgehead atoms. The maximum atomic E-state index is 10.2. The Balaban J connectivity index is 2.00. The Kier molecular flexibility index (Phi) is 1.74. The van der Waals surface area contributed by atoms with Crippen molar-refractivity contribution in [2.24, 2.45) is 11.3 Å². The first-order valence-electron chi connectivity index (χ1n) is 4.99. The normalized spacial score (nSPS) is 45.8. The molecule has 1 saturated heterocycles. The summed E-state index contributed by atoms with van der Waals surface area (Å²) in [6.07, 6.45) is 3.42. The van der Waals surface area contributed by atoms with E-state index in [1.807, 2.05) is 0 Å². The lowest BCUT2D eigenvalue weighted by molar-refractivity contribution is 0.0346. The van der Waals surface area contributed by atoms with Crippen molar-refractivity contribution in [1.29, 1.82) is 0 Å². The van der Waals surface area contributed by atoms with Gasteiger partial charge in [-0.1, -0.05) is 13.8 Å². The van der Waals surface area contributed by atoms with Crippen LogP contribution in [0.25, 0.3) is 0 Å². The fraction of sp³-hybridized carbons (Fsp3) is 1.00. The van der Waals surface area contributed by atoms with Crippen LogP contribution < -0.4 is 5.32 Å². The lowest BCUT2D eigenvalue weighted by Crippen LogP contribution is -2.40. The van der Waals surface area contributed by atoms with Crippen molar-refractivity contribution < 1.29 is 5.11 Å². The second-order valence-electron chi connectivity index (χ2n) is 5.03. The van der Waals surface area contributed by atoms with Crippen LogP contribution in [-0.4, -0.2) is 23.8 Å². The highest BCUT2D eigenvalue weighted by atomic mass is 16.3. The molecule has 2 aliphatic rings. The molecule has 2 rings (SSSR count). The minimum atomic E-state index is -0.347. The van der Waals surface area contributed by atoms with E-state index in [2.05, 4.69) is 19.2 Å². The third-order valence-electron chi connectivity index (χ3n) is 3.73. The summed E-state index contributed by atoms with van der Waals surface area (Å²) in [7, 11) is 0. The van der Waals surface area contributed by atoms with Crippen LogP contribution in [0.3, 0.4) is 0 Å². The van der Waals surface area contributed by atoms with E-state index in [4.69, 9.17) is 0 Å². The summed E-state index contributed by atoms with van der Waals surface area (Å²) in [6.45, 7) is 6.48. The standard InChI is InChI=1S/C10H19NO/c1-9(2)7-10(9,12)8-4-3-5-11-6-8/h8,11-12H,3-7H2,1-2H3. The van der Waals surface area contributed by atoms with Crippen molar-refractivity contribution in [2.45, 2.75) is 38.7 Å². The molecule has 0 amide bonds. The van der Waals surface area contributed by atoms with Gasteiger partial charge in [-0.3, -0.25) is 0 Å². The molecular weight excluding hydrogens is 150 g/mol. The summed E-state index contributed by atoms with van der Waals surface area (Å²) in [6, 6.07) is 0. The van der Waals surface area contributed by atoms with Gasteiger partial charge in [-0.2, -0.15) is 0 Å². The van der Waals surface area contributed by atoms with Gasteiger partial charge in [-0.15, -0.1) is 0 Å². The van der Waals surface area contributed by atoms with Gasteiger partial charge in [0, 0.05) is 12.5 Å². The van der Waals surface area contributed by atoms with Crippen LogP contribution in [0, 0.1) is 11.3 Å². The number of rotatable bonds is 1. The topological polar surface area (TPSA) is 32.3 Å². The van der Waals surface area contributed by atoms with Gasteiger partial charge in [0.05, 0.1) is 5.60 Å². The van der Waals surface area contributed by atoms with Crippen LogP contribution in [0.15, 0.2) is 0 Å². The highest BCUT2D eigenvalue weighted by Crippen LogP contribution is 2.60. The summed E-state index contributed by atoms with van der Waals surface area (Å²) in [4.78, 5) is 0. The van der Waals surface area contributed by atoms with Crippen molar-refractivity contribution in [3.63, 3.8) is 0 Å². The molecule has 0 spiro atoms. The second-order valence-corrected chi connectivity index (χ2v) is 5.03. The van der Waals surface area contributed by atoms with E-state index < -0.39 is 0 Å². The average molecular weight is 169 g/mol. The van der Waals surface area contributed by atoms with Gasteiger partial charge in [0.25, 0.3) is 0 Å². The van der Waals surface area contributed by atoms with Gasteiger partial charge in [0.2, 0.25) is 0 Å². The molecule has 2 nitrogen and oxygen atoms in total. The zero-order valence-electron chi connectivity index (χ0n) is 8.06. The molecule has 1 heterocycles. The fourth-order valence-electron chi connectivity index (χ4n) is 2.59. The third kappa shape index (κ3) is 1.09. The molecule has 0 aromatic heterocycles. The quantitative estimate of drug-likeness (QED) is 0.617. The molecule has 0 aromatic rings. The summed E-state index contributed by atoms with van der Waals surface area (Å²) < 4.78 is 0. The van der Waals surface area contributed by atoms with Crippen molar-refractivity contribution in [1.82, 2.24) is 5.32 Å². The van der Waals surface area contributed by atoms with Crippen LogP contribution in [0.4, 0.5) is 0 Å². The molecule has 2 unspecified atom stereocenters. The molecule has 1 saturated carbocycles. The van der Waals surface area contributed by atoms with Gasteiger partial charge in [-0.05, 0) is 31.2 Å². The smallest absolute Gasteiger partial charge is 0.0745 e. The van der Waals surface area contributed by atoms with E-state index in [1.165, 1.54) is 12.8 Å². The van der Waals surface area contributed by atoms with Gasteiger partial charge < -0.3 is 10.4 Å². The SMILES string of the molecule is CC1(C)CC1(O)C1CCCNC1. The van der Waals surface area contributed by atoms with Gasteiger partial charge >= 0.3 is 0 Å². The fourth-order valence-corrected chi connectivity index (χ4v) is 2.59. The minimum Gasteiger partial charge on any atom is -0.389 e. The monoisotopic (exact) mass is 169 g/mol. The summed E-state index contributed by atoms with van der Waals surface area (Å²) in [5, 5.41) is 13.6. The van der Waals surface area contributed by atoms with Crippen molar-refractivity contribution >= 4 is 0 Å². The van der Waals surface area contributed by atoms with E-state index >= 15 is 0 Å². The Morgan fingerprint density at radius 3 is 2.50 bits per heavy atom. The maximum Gasteiger partial charge on any atom is 0.0745 e. The molecule has 0 aromatic carbocycles. The van der Waals surface area contributed by atoms with Crippen LogP contribution in [-0.2, 0) is 0 Å². The largest absolute Gasteiger partial charge is 0.389 e. The molecular formula is C10H19NO. The first-order valence-corrected chi connectivity index (χ1v) is 4.99. The first kappa shape index (κ1) is 8.52. The number of hydrogen-bond acceptors (Lipinski definition) is 2. The molecule has 1 aliphatic heterocycles. The molecule has 1 aliphatic carbocycles. The van der Waals surface area contributed by atoms with Crippen molar-refractivity contribution in [3.8, 4) is 0 Å². The number of nitrogens with one attached hydrogen (secondary N) is 1. The highest BCUT2D eigenvalue weighted by Gasteiger charge is 2.63. The predicted octanol–water partition coefficient (Wildman–Crippen LogP) is 1.15. The van der Waals surface area contributed by atoms with Gasteiger partial charge in [-0.25, -0.2) is 0 Å². The Morgan fingerprint density at radius 1 is 1.42 bits per heavy atom. The second kappa shape index (κ2) is 2.46. The summed E-state index contributed by atoms with van der Waals surface area (Å²) in [5.74, 6) is 0.501. The summed E-state index contributed by atoms with van der Waals surface area (Å²) >= 11 is 0. The molecule has 12 heavy (non-hydrogen) atoms. The molecule has 2 heteroatoms. The van der Waals surface area contributed by atoms with Crippen LogP contribution in [0.5, 0.6) is 0 Å². The number of aliphatic hydroxyl groups is 1. The minimum absolute atomic E-state index is 0.177. The summed E-state index contributed by atoms with van der Waals surface area (Å²) in [5.41, 5.74) is -0.170. The van der Waals surface area contributed by atoms with E-state index in [0.717, 1.165) is 19.5 Å². The van der Waals surface area contributed by atoms with E-state index in [0.29, 0.717) is 5.92 Å². The molecule has 0 radical (unpaired) electrons. The molecule has 2 N–H and O–H groups in total. The zero-order chi connectivity index (χ0) is 8.82. The number of piperidine rings is 1. The average Bonchev–Trinajstić information content (AvgIpc) is 2.55. The Hall–Kier alpha value is -0.0800. The van der Waals surface area contributed by atoms with E-state index in [1.54, 1.807) is 0 Å². The van der Waals surface area contributed by atoms with Crippen LogP contribution in [0.1, 0.15) is 33.1 Å². The lowest BCUT2D eigenvalue weighted by Gasteiger charge is -2.29. The van der Waals surface area contributed by atoms with Crippen LogP contribution >= 0.6 is 0 Å². The van der Waals surface area contributed by atoms with E-state index in [-0.39, 0.29) is 11.0 Å². The Morgan fingerprint density at radius 2 is 2.08 bits per heavy atom. The van der Waals surface area contributed by atoms with Crippen LogP contribution in [0.2, 0.25) is 0 Å². The van der Waals surface area contributed by atoms with E-state index in [9.17, 15) is 5.11 Å². The van der Waals surface area contributed by atoms with Crippen molar-refractivity contribution in [3.05, 3.63) is 0 Å². The predicted molar refractivity (Wildman–Crippen MR) is 48.9 cm³/mol. The molecule has 70 valence electrons. The Labute approximate surface area is 74.4 Å². The maximum absolute atomic E-state index is 10.2. The molecule has 2 atom stereocenters. The lowest BCUT2D eigenvalue weighted by atomic mass is 9.87. The van der Waals surface area contributed by atoms with Gasteiger partial charge in [0.1, 0.15) is 0 Å². The first-order chi connectivity index (χ1) is 5.56. The number of hydrogen-bond donors (Lipinski definition) is 2. The van der Waals surface area contributed by atoms with Crippen molar-refractivity contribution in [2.75, 3.05) is 13.1 Å². The molecule has 2 fully saturated rings. The Bertz CT molecular complexity index is 184. The third-order valence-corrected chi connectivity index (χ3v) is 3.73.